The van der Waals surface area contributed by atoms with E-state index in [4.69, 9.17) is 10.8 Å². The molecule has 0 heterocycles. The summed E-state index contributed by atoms with van der Waals surface area (Å²) >= 11 is 0. The number of nitrogens with one attached hydrogen (secondary N) is 2. The molecule has 9 nitrogen and oxygen atoms in total. The summed E-state index contributed by atoms with van der Waals surface area (Å²) in [5.74, 6) is -2.68. The van der Waals surface area contributed by atoms with Crippen LogP contribution in [0.5, 0.6) is 5.75 Å². The second-order valence-corrected chi connectivity index (χ2v) is 11.0. The number of carboxylic acid groups (broad SMARTS) is 1. The van der Waals surface area contributed by atoms with Crippen LogP contribution in [0.25, 0.3) is 0 Å². The molecule has 5 N–H and O–H groups in total. The van der Waals surface area contributed by atoms with Gasteiger partial charge in [0.1, 0.15) is 5.75 Å². The largest absolute Gasteiger partial charge is 0.476 e. The molecular formula is C28H29F4N3O6S. The molecule has 3 aromatic rings. The van der Waals surface area contributed by atoms with Crippen LogP contribution < -0.4 is 20.5 Å². The Labute approximate surface area is 239 Å². The summed E-state index contributed by atoms with van der Waals surface area (Å²) in [5, 5.41) is 11.4. The Hall–Kier alpha value is -4.17. The van der Waals surface area contributed by atoms with E-state index in [1.54, 1.807) is 12.1 Å². The Bertz CT molecular complexity index is 1490. The number of aliphatic carboxylic acids is 1. The van der Waals surface area contributed by atoms with Gasteiger partial charge >= 0.3 is 18.5 Å². The number of aryl methyl sites for hydroxylation is 1. The minimum atomic E-state index is -4.44. The highest BCUT2D eigenvalue weighted by Gasteiger charge is 2.30. The van der Waals surface area contributed by atoms with Crippen molar-refractivity contribution in [2.75, 3.05) is 12.3 Å². The first-order valence-electron chi connectivity index (χ1n) is 12.7. The summed E-state index contributed by atoms with van der Waals surface area (Å²) in [6.45, 7) is 0.192. The molecule has 3 rings (SSSR count). The molecule has 42 heavy (non-hydrogen) atoms. The van der Waals surface area contributed by atoms with Crippen LogP contribution in [0, 0.1) is 0 Å². The monoisotopic (exact) mass is 611 g/mol. The number of carbonyl (C=O) groups is 2. The Morgan fingerprint density at radius 1 is 0.976 bits per heavy atom. The van der Waals surface area contributed by atoms with Crippen LogP contribution in [0.1, 0.15) is 42.0 Å². The molecule has 2 unspecified atom stereocenters. The maximum Gasteiger partial charge on any atom is 0.416 e. The lowest BCUT2D eigenvalue weighted by Crippen LogP contribution is -2.34. The minimum Gasteiger partial charge on any atom is -0.476 e. The van der Waals surface area contributed by atoms with Crippen LogP contribution in [0.4, 0.5) is 23.2 Å². The topological polar surface area (TPSA) is 148 Å². The smallest absolute Gasteiger partial charge is 0.416 e. The van der Waals surface area contributed by atoms with Crippen LogP contribution in [0.3, 0.4) is 0 Å². The number of carbonyl (C=O) groups excluding carboxylic acids is 1. The molecule has 0 radical (unpaired) electrons. The van der Waals surface area contributed by atoms with E-state index in [-0.39, 0.29) is 34.9 Å². The predicted molar refractivity (Wildman–Crippen MR) is 146 cm³/mol. The third-order valence-corrected chi connectivity index (χ3v) is 7.56. The van der Waals surface area contributed by atoms with Gasteiger partial charge in [-0.1, -0.05) is 42.5 Å². The highest BCUT2D eigenvalue weighted by molar-refractivity contribution is 7.89. The molecule has 0 aliphatic carbocycles. The first-order chi connectivity index (χ1) is 19.8. The van der Waals surface area contributed by atoms with Gasteiger partial charge in [-0.3, -0.25) is 4.79 Å². The van der Waals surface area contributed by atoms with Gasteiger partial charge in [0.2, 0.25) is 15.9 Å². The van der Waals surface area contributed by atoms with Crippen molar-refractivity contribution >= 4 is 27.6 Å². The van der Waals surface area contributed by atoms with E-state index in [0.717, 1.165) is 18.2 Å². The van der Waals surface area contributed by atoms with Crippen molar-refractivity contribution in [2.24, 2.45) is 0 Å². The molecule has 0 spiro atoms. The van der Waals surface area contributed by atoms with E-state index >= 15 is 0 Å². The summed E-state index contributed by atoms with van der Waals surface area (Å²) in [6.07, 6.45) is -6.15. The number of ether oxygens (including phenoxy) is 1. The fourth-order valence-corrected chi connectivity index (χ4v) is 5.22. The Morgan fingerprint density at radius 3 is 2.33 bits per heavy atom. The zero-order valence-electron chi connectivity index (χ0n) is 22.1. The molecule has 3 aromatic carbocycles. The molecule has 14 heteroatoms. The summed E-state index contributed by atoms with van der Waals surface area (Å²) in [7, 11) is -4.10. The van der Waals surface area contributed by atoms with Gasteiger partial charge in [0.15, 0.2) is 0 Å². The Morgan fingerprint density at radius 2 is 1.69 bits per heavy atom. The Kier molecular flexibility index (Phi) is 10.9. The highest BCUT2D eigenvalue weighted by atomic mass is 32.2. The minimum absolute atomic E-state index is 0.0559. The second kappa shape index (κ2) is 14.1. The van der Waals surface area contributed by atoms with Crippen molar-refractivity contribution in [3.8, 4) is 5.75 Å². The first kappa shape index (κ1) is 32.3. The van der Waals surface area contributed by atoms with Crippen LogP contribution >= 0.6 is 0 Å². The molecule has 0 aliphatic rings. The molecule has 0 saturated carbocycles. The van der Waals surface area contributed by atoms with Crippen molar-refractivity contribution in [3.63, 3.8) is 0 Å². The number of hydrogen-bond donors (Lipinski definition) is 4. The Balaban J connectivity index is 1.66. The average molecular weight is 612 g/mol. The molecule has 0 aromatic heterocycles. The number of hydrogen-bond acceptors (Lipinski definition) is 6. The van der Waals surface area contributed by atoms with E-state index in [0.29, 0.717) is 24.8 Å². The van der Waals surface area contributed by atoms with E-state index in [2.05, 4.69) is 14.8 Å². The molecule has 0 bridgehead atoms. The van der Waals surface area contributed by atoms with Gasteiger partial charge in [-0.25, -0.2) is 17.9 Å². The number of nitrogen functional groups attached to an aromatic ring is 1. The fraction of sp³-hybridized carbons (Fsp3) is 0.286. The lowest BCUT2D eigenvalue weighted by Gasteiger charge is -2.20. The molecule has 226 valence electrons. The third-order valence-electron chi connectivity index (χ3n) is 6.07. The van der Waals surface area contributed by atoms with Gasteiger partial charge in [0.05, 0.1) is 22.2 Å². The molecular weight excluding hydrogens is 582 g/mol. The number of anilines is 1. The number of halogens is 4. The number of rotatable bonds is 14. The van der Waals surface area contributed by atoms with Crippen molar-refractivity contribution in [1.82, 2.24) is 10.0 Å². The van der Waals surface area contributed by atoms with Crippen molar-refractivity contribution in [2.45, 2.75) is 49.2 Å². The zero-order chi connectivity index (χ0) is 30.9. The quantitative estimate of drug-likeness (QED) is 0.118. The summed E-state index contributed by atoms with van der Waals surface area (Å²) in [6, 6.07) is 15.0. The number of benzene rings is 3. The van der Waals surface area contributed by atoms with Crippen LogP contribution in [-0.2, 0) is 32.2 Å². The van der Waals surface area contributed by atoms with Gasteiger partial charge in [0, 0.05) is 13.0 Å². The van der Waals surface area contributed by atoms with Gasteiger partial charge in [0.25, 0.3) is 0 Å². The molecule has 2 atom stereocenters. The van der Waals surface area contributed by atoms with Crippen LogP contribution in [0.2, 0.25) is 0 Å². The molecule has 0 fully saturated rings. The van der Waals surface area contributed by atoms with E-state index in [9.17, 15) is 35.6 Å². The van der Waals surface area contributed by atoms with E-state index < -0.39 is 46.0 Å². The number of unbranched alkanes of at least 4 members (excludes halogenated alkanes) is 1. The maximum atomic E-state index is 13.5. The van der Waals surface area contributed by atoms with Crippen molar-refractivity contribution in [1.29, 1.82) is 0 Å². The summed E-state index contributed by atoms with van der Waals surface area (Å²) < 4.78 is 85.3. The summed E-state index contributed by atoms with van der Waals surface area (Å²) in [5.41, 5.74) is 5.71. The summed E-state index contributed by atoms with van der Waals surface area (Å²) in [4.78, 5) is 23.5. The van der Waals surface area contributed by atoms with Crippen LogP contribution in [0.15, 0.2) is 77.7 Å². The fourth-order valence-electron chi connectivity index (χ4n) is 3.98. The normalized spacial score (nSPS) is 13.2. The third kappa shape index (κ3) is 9.45. The number of alkyl halides is 4. The molecule has 1 amide bonds. The number of carboxylic acids is 1. The maximum absolute atomic E-state index is 13.5. The molecule has 0 saturated heterocycles. The van der Waals surface area contributed by atoms with E-state index in [1.807, 2.05) is 0 Å². The van der Waals surface area contributed by atoms with Gasteiger partial charge in [-0.2, -0.15) is 17.6 Å². The number of sulfonamides is 1. The second-order valence-electron chi connectivity index (χ2n) is 9.27. The van der Waals surface area contributed by atoms with Crippen molar-refractivity contribution < 1.29 is 45.4 Å². The predicted octanol–water partition coefficient (Wildman–Crippen LogP) is 4.60. The van der Waals surface area contributed by atoms with Gasteiger partial charge < -0.3 is 20.9 Å². The zero-order valence-corrected chi connectivity index (χ0v) is 22.9. The van der Waals surface area contributed by atoms with Crippen molar-refractivity contribution in [3.05, 3.63) is 89.5 Å². The lowest BCUT2D eigenvalue weighted by molar-refractivity contribution is -0.153. The highest BCUT2D eigenvalue weighted by Crippen LogP contribution is 2.30. The van der Waals surface area contributed by atoms with Gasteiger partial charge in [-0.15, -0.1) is 0 Å². The average Bonchev–Trinajstić information content (AvgIpc) is 2.93. The SMILES string of the molecule is Nc1cc(C(CC(=O)NCCCCc2cccc(C(F)(F)F)c2)NS(=O)(=O)c2ccccc2)ccc1OC(F)C(=O)O. The number of nitrogens with two attached hydrogens (primary N) is 1. The van der Waals surface area contributed by atoms with E-state index in [1.165, 1.54) is 42.5 Å². The van der Waals surface area contributed by atoms with Gasteiger partial charge in [-0.05, 0) is 60.7 Å². The van der Waals surface area contributed by atoms with Crippen LogP contribution in [-0.4, -0.2) is 38.3 Å². The number of amides is 1. The lowest BCUT2D eigenvalue weighted by atomic mass is 10.0. The first-order valence-corrected chi connectivity index (χ1v) is 14.2. The standard InChI is InChI=1S/C28H29F4N3O6S/c29-26(27(37)38)41-24-13-12-19(16-22(24)33)23(35-42(39,40)21-10-2-1-3-11-21)17-25(36)34-14-5-4-7-18-8-6-9-20(15-18)28(30,31)32/h1-3,6,8-13,15-16,23,26,35H,4-5,7,14,17,33H2,(H,34,36)(H,37,38). The molecule has 0 aliphatic heterocycles.